The molecule has 0 aliphatic rings. The number of furan rings is 1. The van der Waals surface area contributed by atoms with Gasteiger partial charge in [-0.1, -0.05) is 18.2 Å². The average molecular weight is 558 g/mol. The minimum absolute atomic E-state index is 0.111. The Hall–Kier alpha value is -4.49. The van der Waals surface area contributed by atoms with Gasteiger partial charge in [-0.05, 0) is 72.9 Å². The summed E-state index contributed by atoms with van der Waals surface area (Å²) in [5.74, 6) is 0.375. The van der Waals surface area contributed by atoms with Crippen LogP contribution < -0.4 is 10.6 Å². The molecule has 4 rings (SSSR count). The Labute approximate surface area is 237 Å². The van der Waals surface area contributed by atoms with Crippen LogP contribution in [0.15, 0.2) is 71.5 Å². The number of carbonyl (C=O) groups excluding carboxylic acids is 2. The van der Waals surface area contributed by atoms with Crippen molar-refractivity contribution in [2.75, 3.05) is 24.4 Å². The van der Waals surface area contributed by atoms with Gasteiger partial charge in [0.2, 0.25) is 0 Å². The van der Waals surface area contributed by atoms with E-state index in [1.165, 1.54) is 7.11 Å². The number of nitrogens with one attached hydrogen (secondary N) is 2. The van der Waals surface area contributed by atoms with E-state index in [9.17, 15) is 9.59 Å². The van der Waals surface area contributed by atoms with Crippen LogP contribution in [-0.2, 0) is 22.6 Å². The molecule has 40 heavy (non-hydrogen) atoms. The number of anilines is 1. The zero-order valence-corrected chi connectivity index (χ0v) is 23.5. The maximum atomic E-state index is 12.9. The van der Waals surface area contributed by atoms with Crippen molar-refractivity contribution in [3.05, 3.63) is 95.3 Å². The monoisotopic (exact) mass is 557 g/mol. The Morgan fingerprint density at radius 1 is 1.18 bits per heavy atom. The molecule has 0 aliphatic heterocycles. The number of rotatable bonds is 12. The molecule has 2 N–H and O–H groups in total. The molecule has 2 aromatic heterocycles. The Kier molecular flexibility index (Phi) is 9.65. The topological polar surface area (TPSA) is 122 Å². The second kappa shape index (κ2) is 13.5. The van der Waals surface area contributed by atoms with Gasteiger partial charge in [-0.25, -0.2) is 9.78 Å². The number of benzene rings is 2. The van der Waals surface area contributed by atoms with Crippen LogP contribution in [0.5, 0.6) is 0 Å². The third-order valence-corrected chi connectivity index (χ3v) is 7.01. The van der Waals surface area contributed by atoms with Gasteiger partial charge in [-0.3, -0.25) is 4.79 Å². The van der Waals surface area contributed by atoms with E-state index in [0.717, 1.165) is 28.1 Å². The molecule has 2 heterocycles. The first-order valence-corrected chi connectivity index (χ1v) is 14.1. The Morgan fingerprint density at radius 3 is 2.70 bits per heavy atom. The van der Waals surface area contributed by atoms with Crippen molar-refractivity contribution in [2.45, 2.75) is 32.5 Å². The number of carbonyl (C=O) groups is 2. The molecule has 10 heteroatoms. The zero-order chi connectivity index (χ0) is 28.5. The molecule has 0 saturated carbocycles. The maximum Gasteiger partial charge on any atom is 0.328 e. The summed E-state index contributed by atoms with van der Waals surface area (Å²) in [5, 5.41) is 15.2. The van der Waals surface area contributed by atoms with Crippen molar-refractivity contribution in [2.24, 2.45) is 0 Å². The normalized spacial score (nSPS) is 11.4. The summed E-state index contributed by atoms with van der Waals surface area (Å²) < 4.78 is 12.8. The number of imidazole rings is 1. The first kappa shape index (κ1) is 28.5. The van der Waals surface area contributed by atoms with E-state index in [1.807, 2.05) is 54.3 Å². The molecule has 0 fully saturated rings. The van der Waals surface area contributed by atoms with Gasteiger partial charge >= 0.3 is 5.97 Å². The number of nitrogens with zero attached hydrogens (tertiary/aromatic N) is 3. The van der Waals surface area contributed by atoms with Crippen molar-refractivity contribution in [3.63, 3.8) is 0 Å². The van der Waals surface area contributed by atoms with Crippen molar-refractivity contribution >= 4 is 29.3 Å². The van der Waals surface area contributed by atoms with Gasteiger partial charge < -0.3 is 24.4 Å². The van der Waals surface area contributed by atoms with Crippen LogP contribution in [-0.4, -0.2) is 46.6 Å². The first-order chi connectivity index (χ1) is 19.4. The van der Waals surface area contributed by atoms with E-state index in [-0.39, 0.29) is 5.76 Å². The van der Waals surface area contributed by atoms with Crippen LogP contribution in [0.2, 0.25) is 0 Å². The van der Waals surface area contributed by atoms with E-state index >= 15 is 0 Å². The summed E-state index contributed by atoms with van der Waals surface area (Å²) in [6.45, 7) is 3.15. The summed E-state index contributed by atoms with van der Waals surface area (Å²) in [4.78, 5) is 29.3. The zero-order valence-electron chi connectivity index (χ0n) is 22.6. The van der Waals surface area contributed by atoms with Gasteiger partial charge in [-0.2, -0.15) is 17.0 Å². The van der Waals surface area contributed by atoms with E-state index in [1.54, 1.807) is 42.4 Å². The lowest BCUT2D eigenvalue weighted by atomic mass is 10.1. The lowest BCUT2D eigenvalue weighted by Gasteiger charge is -2.15. The van der Waals surface area contributed by atoms with Crippen LogP contribution in [0.1, 0.15) is 39.4 Å². The molecule has 1 amide bonds. The second-order valence-electron chi connectivity index (χ2n) is 9.22. The average Bonchev–Trinajstić information content (AvgIpc) is 3.64. The molecule has 2 aromatic carbocycles. The van der Waals surface area contributed by atoms with E-state index < -0.39 is 17.9 Å². The number of methoxy groups -OCH3 is 1. The van der Waals surface area contributed by atoms with Gasteiger partial charge in [0.25, 0.3) is 5.91 Å². The summed E-state index contributed by atoms with van der Waals surface area (Å²) in [6, 6.07) is 18.2. The number of thioether (sulfide) groups is 1. The minimum atomic E-state index is -0.746. The van der Waals surface area contributed by atoms with Gasteiger partial charge in [0.1, 0.15) is 11.8 Å². The molecule has 206 valence electrons. The molecule has 0 radical (unpaired) electrons. The predicted molar refractivity (Wildman–Crippen MR) is 155 cm³/mol. The van der Waals surface area contributed by atoms with Crippen molar-refractivity contribution in [1.82, 2.24) is 14.9 Å². The summed E-state index contributed by atoms with van der Waals surface area (Å²) in [6.07, 6.45) is 5.99. The van der Waals surface area contributed by atoms with Gasteiger partial charge in [0.05, 0.1) is 37.3 Å². The van der Waals surface area contributed by atoms with Crippen LogP contribution in [0.25, 0.3) is 11.3 Å². The number of hydrogen-bond acceptors (Lipinski definition) is 8. The highest BCUT2D eigenvalue weighted by molar-refractivity contribution is 7.98. The minimum Gasteiger partial charge on any atom is -0.467 e. The van der Waals surface area contributed by atoms with E-state index in [2.05, 4.69) is 21.7 Å². The quantitative estimate of drug-likeness (QED) is 0.233. The predicted octanol–water partition coefficient (Wildman–Crippen LogP) is 5.01. The molecule has 0 aliphatic carbocycles. The summed E-state index contributed by atoms with van der Waals surface area (Å²) in [5.41, 5.74) is 5.39. The fourth-order valence-corrected chi connectivity index (χ4v) is 4.66. The Bertz CT molecular complexity index is 1500. The SMILES string of the molecule is COC(=O)C(CCSC)NC(=O)c1ccc(-c2ccc(C)cc2NCc2cncn2Cc2ccc(C#N)cc2)o1. The first-order valence-electron chi connectivity index (χ1n) is 12.7. The third kappa shape index (κ3) is 7.12. The highest BCUT2D eigenvalue weighted by Crippen LogP contribution is 2.31. The third-order valence-electron chi connectivity index (χ3n) is 6.37. The largest absolute Gasteiger partial charge is 0.467 e. The molecule has 4 aromatic rings. The molecule has 9 nitrogen and oxygen atoms in total. The highest BCUT2D eigenvalue weighted by atomic mass is 32.2. The van der Waals surface area contributed by atoms with Crippen LogP contribution in [0.4, 0.5) is 5.69 Å². The van der Waals surface area contributed by atoms with Crippen LogP contribution >= 0.6 is 11.8 Å². The van der Waals surface area contributed by atoms with E-state index in [0.29, 0.717) is 36.6 Å². The molecular formula is C30H31N5O4S. The van der Waals surface area contributed by atoms with Crippen LogP contribution in [0, 0.1) is 18.3 Å². The fourth-order valence-electron chi connectivity index (χ4n) is 4.19. The smallest absolute Gasteiger partial charge is 0.328 e. The number of ether oxygens (including phenoxy) is 1. The van der Waals surface area contributed by atoms with Gasteiger partial charge in [-0.15, -0.1) is 0 Å². The molecule has 0 bridgehead atoms. The summed E-state index contributed by atoms with van der Waals surface area (Å²) >= 11 is 1.59. The molecular weight excluding hydrogens is 526 g/mol. The number of aryl methyl sites for hydroxylation is 1. The molecule has 0 saturated heterocycles. The van der Waals surface area contributed by atoms with Gasteiger partial charge in [0, 0.05) is 24.0 Å². The number of amides is 1. The van der Waals surface area contributed by atoms with Crippen molar-refractivity contribution < 1.29 is 18.7 Å². The van der Waals surface area contributed by atoms with Crippen molar-refractivity contribution in [1.29, 1.82) is 5.26 Å². The number of hydrogen-bond donors (Lipinski definition) is 2. The van der Waals surface area contributed by atoms with Crippen molar-refractivity contribution in [3.8, 4) is 17.4 Å². The molecule has 0 spiro atoms. The van der Waals surface area contributed by atoms with Gasteiger partial charge in [0.15, 0.2) is 5.76 Å². The number of nitriles is 1. The molecule has 1 atom stereocenters. The Balaban J connectivity index is 1.48. The number of aromatic nitrogens is 2. The Morgan fingerprint density at radius 2 is 1.98 bits per heavy atom. The highest BCUT2D eigenvalue weighted by Gasteiger charge is 2.23. The summed E-state index contributed by atoms with van der Waals surface area (Å²) in [7, 11) is 1.30. The van der Waals surface area contributed by atoms with Crippen LogP contribution in [0.3, 0.4) is 0 Å². The second-order valence-corrected chi connectivity index (χ2v) is 10.2. The fraction of sp³-hybridized carbons (Fsp3) is 0.267. The van der Waals surface area contributed by atoms with E-state index in [4.69, 9.17) is 14.4 Å². The lowest BCUT2D eigenvalue weighted by molar-refractivity contribution is -0.142. The standard InChI is InChI=1S/C30H31N5O4S/c1-20-4-9-24(27-10-11-28(39-27)29(36)34-25(12-13-40-3)30(37)38-2)26(14-20)33-17-23-16-32-19-35(23)18-22-7-5-21(15-31)6-8-22/h4-11,14,16,19,25,33H,12-13,17-18H2,1-3H3,(H,34,36). The molecule has 1 unspecified atom stereocenters. The maximum absolute atomic E-state index is 12.9. The lowest BCUT2D eigenvalue weighted by Crippen LogP contribution is -2.41. The number of esters is 1.